The molecule has 2 bridgehead atoms. The summed E-state index contributed by atoms with van der Waals surface area (Å²) in [4.78, 5) is 40.5. The monoisotopic (exact) mass is 791 g/mol. The van der Waals surface area contributed by atoms with Crippen LogP contribution in [0, 0.1) is 53.3 Å². The van der Waals surface area contributed by atoms with E-state index in [9.17, 15) is 39.9 Å². The lowest BCUT2D eigenvalue weighted by atomic mass is 9.74. The molecular formula is C45H74O11. The van der Waals surface area contributed by atoms with E-state index < -0.39 is 89.0 Å². The average molecular weight is 791 g/mol. The van der Waals surface area contributed by atoms with Gasteiger partial charge >= 0.3 is 5.97 Å². The van der Waals surface area contributed by atoms with Crippen molar-refractivity contribution in [2.24, 2.45) is 53.3 Å². The molecule has 2 fully saturated rings. The van der Waals surface area contributed by atoms with Crippen LogP contribution in [0.25, 0.3) is 0 Å². The number of carbonyl (C=O) groups is 3. The van der Waals surface area contributed by atoms with Gasteiger partial charge in [-0.1, -0.05) is 92.7 Å². The summed E-state index contributed by atoms with van der Waals surface area (Å²) in [5.41, 5.74) is -2.18. The van der Waals surface area contributed by atoms with Crippen LogP contribution in [0.1, 0.15) is 121 Å². The summed E-state index contributed by atoms with van der Waals surface area (Å²) in [7, 11) is 0. The Kier molecular flexibility index (Phi) is 17.7. The van der Waals surface area contributed by atoms with Gasteiger partial charge in [-0.2, -0.15) is 0 Å². The molecule has 0 aliphatic carbocycles. The van der Waals surface area contributed by atoms with Crippen LogP contribution >= 0.6 is 0 Å². The zero-order valence-electron chi connectivity index (χ0n) is 35.8. The normalized spacial score (nSPS) is 45.1. The number of carbonyl (C=O) groups excluding carboxylic acids is 3. The van der Waals surface area contributed by atoms with Crippen molar-refractivity contribution in [3.05, 3.63) is 36.5 Å². The lowest BCUT2D eigenvalue weighted by molar-refractivity contribution is -0.371. The van der Waals surface area contributed by atoms with Gasteiger partial charge in [-0.25, -0.2) is 4.79 Å². The molecule has 0 amide bonds. The number of hydrogen-bond acceptors (Lipinski definition) is 11. The highest BCUT2D eigenvalue weighted by molar-refractivity contribution is 5.91. The van der Waals surface area contributed by atoms with E-state index in [4.69, 9.17) is 14.2 Å². The maximum Gasteiger partial charge on any atom is 0.330 e. The molecule has 3 aliphatic heterocycles. The minimum absolute atomic E-state index is 0.168. The first kappa shape index (κ1) is 48.1. The van der Waals surface area contributed by atoms with Gasteiger partial charge in [-0.3, -0.25) is 9.59 Å². The molecule has 0 aromatic rings. The first-order chi connectivity index (χ1) is 26.1. The molecule has 3 heterocycles. The summed E-state index contributed by atoms with van der Waals surface area (Å²) in [6, 6.07) is 0. The van der Waals surface area contributed by atoms with Crippen molar-refractivity contribution >= 4 is 17.5 Å². The third-order valence-electron chi connectivity index (χ3n) is 13.4. The van der Waals surface area contributed by atoms with Crippen molar-refractivity contribution in [3.63, 3.8) is 0 Å². The Balaban J connectivity index is 1.99. The van der Waals surface area contributed by atoms with Gasteiger partial charge in [0.25, 0.3) is 0 Å². The minimum Gasteiger partial charge on any atom is -0.458 e. The van der Waals surface area contributed by atoms with Crippen molar-refractivity contribution in [2.75, 3.05) is 0 Å². The molecule has 11 heteroatoms. The smallest absolute Gasteiger partial charge is 0.330 e. The summed E-state index contributed by atoms with van der Waals surface area (Å²) in [5.74, 6) is -7.28. The van der Waals surface area contributed by atoms with Crippen LogP contribution in [0.5, 0.6) is 0 Å². The zero-order chi connectivity index (χ0) is 42.3. The summed E-state index contributed by atoms with van der Waals surface area (Å²) in [5, 5.41) is 55.0. The van der Waals surface area contributed by atoms with Crippen molar-refractivity contribution in [3.8, 4) is 0 Å². The molecule has 11 nitrogen and oxygen atoms in total. The molecule has 0 saturated carbocycles. The Bertz CT molecular complexity index is 1390. The highest BCUT2D eigenvalue weighted by Crippen LogP contribution is 2.49. The number of ketones is 2. The molecule has 0 radical (unpaired) electrons. The third-order valence-corrected chi connectivity index (χ3v) is 13.4. The van der Waals surface area contributed by atoms with Crippen molar-refractivity contribution in [1.82, 2.24) is 0 Å². The fourth-order valence-electron chi connectivity index (χ4n) is 9.01. The molecule has 320 valence electrons. The highest BCUT2D eigenvalue weighted by atomic mass is 16.7. The molecule has 3 rings (SSSR count). The lowest BCUT2D eigenvalue weighted by Gasteiger charge is -2.55. The van der Waals surface area contributed by atoms with Gasteiger partial charge in [0.1, 0.15) is 17.5 Å². The second-order valence-electron chi connectivity index (χ2n) is 18.0. The molecule has 2 saturated heterocycles. The summed E-state index contributed by atoms with van der Waals surface area (Å²) >= 11 is 0. The number of allylic oxidation sites excluding steroid dienone is 4. The predicted octanol–water partition coefficient (Wildman–Crippen LogP) is 5.88. The number of esters is 1. The Morgan fingerprint density at radius 1 is 0.839 bits per heavy atom. The van der Waals surface area contributed by atoms with Crippen LogP contribution in [-0.2, 0) is 28.6 Å². The molecule has 56 heavy (non-hydrogen) atoms. The van der Waals surface area contributed by atoms with Crippen LogP contribution < -0.4 is 0 Å². The molecular weight excluding hydrogens is 716 g/mol. The van der Waals surface area contributed by atoms with E-state index in [1.165, 1.54) is 39.8 Å². The van der Waals surface area contributed by atoms with Crippen molar-refractivity contribution < 1.29 is 54.1 Å². The molecule has 3 aliphatic rings. The van der Waals surface area contributed by atoms with E-state index in [0.717, 1.165) is 19.3 Å². The van der Waals surface area contributed by atoms with Crippen LogP contribution in [-0.4, -0.2) is 97.2 Å². The molecule has 1 unspecified atom stereocenters. The lowest BCUT2D eigenvalue weighted by Crippen LogP contribution is -2.62. The second kappa shape index (κ2) is 20.6. The standard InChI is InChI=1S/C45H74O11/c1-12-34-17-15-13-14-16-27(4)42(51)44(11,53)43(52)32(9)40(50)31(8)39(49)30(7)38(48)26(3)18-21-37(47)54-41-29(6)35(20-19-34)55-45(33(41)10)23-22-25(2)36(56-45)24-28(5)46/h13-15,17-18,21,25-36,38,40-42,46,48,50-51,53H,12,16,19-20,22-24H2,1-11H3/t25-,26-,27+,28+,29?,30-,31-,32-,33-,34-,35-,36-,38+,40+,41+,42-,44+,45-/m0/s1. The number of ether oxygens (including phenoxy) is 3. The molecule has 18 atom stereocenters. The van der Waals surface area contributed by atoms with Gasteiger partial charge in [-0.05, 0) is 70.1 Å². The van der Waals surface area contributed by atoms with Crippen molar-refractivity contribution in [1.29, 1.82) is 0 Å². The van der Waals surface area contributed by atoms with Crippen LogP contribution in [0.2, 0.25) is 0 Å². The van der Waals surface area contributed by atoms with E-state index >= 15 is 0 Å². The van der Waals surface area contributed by atoms with Gasteiger partial charge < -0.3 is 39.7 Å². The van der Waals surface area contributed by atoms with Gasteiger partial charge in [0.05, 0.1) is 36.6 Å². The van der Waals surface area contributed by atoms with Gasteiger partial charge in [0, 0.05) is 48.0 Å². The average Bonchev–Trinajstić information content (AvgIpc) is 3.16. The Morgan fingerprint density at radius 2 is 1.48 bits per heavy atom. The van der Waals surface area contributed by atoms with Crippen LogP contribution in [0.15, 0.2) is 36.5 Å². The van der Waals surface area contributed by atoms with Gasteiger partial charge in [0.2, 0.25) is 0 Å². The SMILES string of the molecule is CC[C@H]1C=CC=CC[C@@H](C)[C@H](O)[C@@](C)(O)C(=O)[C@@H](C)[C@H](O)[C@@H](C)C(=O)[C@@H](C)[C@H](O)[C@@H](C)C=CC(=O)O[C@@H]2C(C)[C@H](CC1)O[C@]1(CC[C@H](C)[C@H](C[C@@H](C)O)O1)[C@H]2C. The van der Waals surface area contributed by atoms with Crippen LogP contribution in [0.3, 0.4) is 0 Å². The second-order valence-corrected chi connectivity index (χ2v) is 18.0. The Labute approximate surface area is 336 Å². The molecule has 0 aromatic carbocycles. The van der Waals surface area contributed by atoms with Gasteiger partial charge in [0.15, 0.2) is 11.6 Å². The quantitative estimate of drug-likeness (QED) is 0.216. The fraction of sp³-hybridized carbons (Fsp3) is 0.800. The van der Waals surface area contributed by atoms with Crippen LogP contribution in [0.4, 0.5) is 0 Å². The first-order valence-corrected chi connectivity index (χ1v) is 21.2. The largest absolute Gasteiger partial charge is 0.458 e. The number of Topliss-reactive ketones (excluding diaryl/α,β-unsaturated/α-hetero) is 2. The van der Waals surface area contributed by atoms with E-state index in [1.54, 1.807) is 20.8 Å². The number of rotatable bonds is 3. The topological polar surface area (TPSA) is 180 Å². The Hall–Kier alpha value is -2.25. The van der Waals surface area contributed by atoms with E-state index in [1.807, 2.05) is 32.1 Å². The number of fused-ring (bicyclic) bond motifs is 2. The predicted molar refractivity (Wildman–Crippen MR) is 215 cm³/mol. The zero-order valence-corrected chi connectivity index (χ0v) is 35.8. The molecule has 1 spiro atoms. The Morgan fingerprint density at radius 3 is 2.11 bits per heavy atom. The highest BCUT2D eigenvalue weighted by Gasteiger charge is 2.56. The maximum atomic E-state index is 13.5. The van der Waals surface area contributed by atoms with E-state index in [-0.39, 0.29) is 35.9 Å². The van der Waals surface area contributed by atoms with Gasteiger partial charge in [-0.15, -0.1) is 0 Å². The van der Waals surface area contributed by atoms with E-state index in [2.05, 4.69) is 19.9 Å². The van der Waals surface area contributed by atoms with Crippen molar-refractivity contribution in [2.45, 2.75) is 175 Å². The summed E-state index contributed by atoms with van der Waals surface area (Å²) < 4.78 is 20.0. The molecule has 5 N–H and O–H groups in total. The summed E-state index contributed by atoms with van der Waals surface area (Å²) in [6.45, 7) is 19.1. The first-order valence-electron chi connectivity index (χ1n) is 21.2. The van der Waals surface area contributed by atoms with E-state index in [0.29, 0.717) is 25.7 Å². The molecule has 0 aromatic heterocycles. The summed E-state index contributed by atoms with van der Waals surface area (Å²) in [6.07, 6.45) is 9.62. The number of aliphatic hydroxyl groups excluding tert-OH is 4. The third kappa shape index (κ3) is 11.5. The maximum absolute atomic E-state index is 13.5. The number of hydrogen-bond donors (Lipinski definition) is 5. The number of aliphatic hydroxyl groups is 5. The fourth-order valence-corrected chi connectivity index (χ4v) is 9.01. The minimum atomic E-state index is -2.18.